The summed E-state index contributed by atoms with van der Waals surface area (Å²) in [5.41, 5.74) is 5.09. The summed E-state index contributed by atoms with van der Waals surface area (Å²) in [6.07, 6.45) is 1.57. The lowest BCUT2D eigenvalue weighted by molar-refractivity contribution is -0.124. The van der Waals surface area contributed by atoms with Gasteiger partial charge in [-0.1, -0.05) is 71.7 Å². The van der Waals surface area contributed by atoms with Crippen LogP contribution in [0.2, 0.25) is 10.2 Å². The molecule has 0 radical (unpaired) electrons. The van der Waals surface area contributed by atoms with Crippen molar-refractivity contribution in [1.82, 2.24) is 15.4 Å². The van der Waals surface area contributed by atoms with Gasteiger partial charge in [0.15, 0.2) is 5.84 Å². The number of pyridine rings is 1. The highest BCUT2D eigenvalue weighted by atomic mass is 35.5. The van der Waals surface area contributed by atoms with Crippen molar-refractivity contribution in [2.45, 2.75) is 0 Å². The lowest BCUT2D eigenvalue weighted by atomic mass is 10.1. The van der Waals surface area contributed by atoms with E-state index in [0.717, 1.165) is 15.9 Å². The SMILES string of the molecule is O=C(NN1C(=O)/C(=C/c2cc3ccccc3nc2Cl)N=C1c1ccccc1)c1ccc(Cl)cc1. The van der Waals surface area contributed by atoms with Crippen molar-refractivity contribution in [2.75, 3.05) is 0 Å². The third-order valence-corrected chi connectivity index (χ3v) is 5.76. The third-order valence-electron chi connectivity index (χ3n) is 5.21. The second kappa shape index (κ2) is 9.09. The Labute approximate surface area is 205 Å². The Morgan fingerprint density at radius 1 is 0.912 bits per heavy atom. The number of amides is 2. The van der Waals surface area contributed by atoms with Gasteiger partial charge in [-0.2, -0.15) is 5.01 Å². The molecule has 2 heterocycles. The number of para-hydroxylation sites is 1. The Morgan fingerprint density at radius 3 is 2.38 bits per heavy atom. The maximum Gasteiger partial charge on any atom is 0.297 e. The van der Waals surface area contributed by atoms with E-state index in [1.807, 2.05) is 48.5 Å². The second-order valence-corrected chi connectivity index (χ2v) is 8.27. The molecule has 166 valence electrons. The topological polar surface area (TPSA) is 74.7 Å². The van der Waals surface area contributed by atoms with Gasteiger partial charge in [-0.3, -0.25) is 15.0 Å². The maximum atomic E-state index is 13.3. The van der Waals surface area contributed by atoms with Crippen LogP contribution >= 0.6 is 23.2 Å². The summed E-state index contributed by atoms with van der Waals surface area (Å²) in [4.78, 5) is 35.1. The standard InChI is InChI=1S/C26H16Cl2N4O2/c27-20-12-10-17(11-13-20)25(33)31-32-24(16-6-2-1-3-7-16)30-22(26(32)34)15-19-14-18-8-4-5-9-21(18)29-23(19)28/h1-15H,(H,31,33)/b22-15-. The van der Waals surface area contributed by atoms with Gasteiger partial charge in [0.2, 0.25) is 0 Å². The van der Waals surface area contributed by atoms with Crippen molar-refractivity contribution < 1.29 is 9.59 Å². The first-order chi connectivity index (χ1) is 16.5. The summed E-state index contributed by atoms with van der Waals surface area (Å²) >= 11 is 12.3. The van der Waals surface area contributed by atoms with Crippen molar-refractivity contribution in [3.63, 3.8) is 0 Å². The second-order valence-electron chi connectivity index (χ2n) is 7.48. The molecule has 4 aromatic rings. The molecule has 3 aromatic carbocycles. The number of hydrazine groups is 1. The minimum Gasteiger partial charge on any atom is -0.267 e. The molecule has 8 heteroatoms. The van der Waals surface area contributed by atoms with E-state index >= 15 is 0 Å². The van der Waals surface area contributed by atoms with E-state index in [1.54, 1.807) is 42.5 Å². The highest BCUT2D eigenvalue weighted by Crippen LogP contribution is 2.26. The number of carbonyl (C=O) groups excluding carboxylic acids is 2. The van der Waals surface area contributed by atoms with E-state index in [-0.39, 0.29) is 10.9 Å². The molecule has 6 nitrogen and oxygen atoms in total. The number of aromatic nitrogens is 1. The van der Waals surface area contributed by atoms with Gasteiger partial charge in [-0.15, -0.1) is 0 Å². The summed E-state index contributed by atoms with van der Waals surface area (Å²) in [5, 5.41) is 2.77. The zero-order chi connectivity index (χ0) is 23.7. The van der Waals surface area contributed by atoms with Gasteiger partial charge >= 0.3 is 0 Å². The number of halogens is 2. The van der Waals surface area contributed by atoms with Gasteiger partial charge in [-0.25, -0.2) is 9.98 Å². The van der Waals surface area contributed by atoms with E-state index < -0.39 is 11.8 Å². The number of nitrogens with one attached hydrogen (secondary N) is 1. The van der Waals surface area contributed by atoms with E-state index in [1.165, 1.54) is 0 Å². The minimum atomic E-state index is -0.495. The smallest absolute Gasteiger partial charge is 0.267 e. The predicted molar refractivity (Wildman–Crippen MR) is 133 cm³/mol. The lowest BCUT2D eigenvalue weighted by Gasteiger charge is -2.19. The van der Waals surface area contributed by atoms with Crippen molar-refractivity contribution in [3.8, 4) is 0 Å². The van der Waals surface area contributed by atoms with E-state index in [9.17, 15) is 9.59 Å². The molecule has 0 saturated heterocycles. The molecule has 0 fully saturated rings. The van der Waals surface area contributed by atoms with Gasteiger partial charge in [0.25, 0.3) is 11.8 Å². The predicted octanol–water partition coefficient (Wildman–Crippen LogP) is 5.52. The van der Waals surface area contributed by atoms with E-state index in [0.29, 0.717) is 27.5 Å². The molecule has 0 bridgehead atoms. The van der Waals surface area contributed by atoms with Gasteiger partial charge < -0.3 is 0 Å². The Bertz CT molecular complexity index is 1480. The fourth-order valence-electron chi connectivity index (χ4n) is 3.53. The number of nitrogens with zero attached hydrogens (tertiary/aromatic N) is 3. The molecular formula is C26H16Cl2N4O2. The number of aliphatic imine (C=N–C) groups is 1. The highest BCUT2D eigenvalue weighted by Gasteiger charge is 2.33. The van der Waals surface area contributed by atoms with Crippen LogP contribution in [0.25, 0.3) is 17.0 Å². The van der Waals surface area contributed by atoms with E-state index in [4.69, 9.17) is 23.2 Å². The maximum absolute atomic E-state index is 13.3. The van der Waals surface area contributed by atoms with Crippen LogP contribution in [-0.4, -0.2) is 27.6 Å². The molecule has 0 unspecified atom stereocenters. The van der Waals surface area contributed by atoms with Crippen LogP contribution in [0.3, 0.4) is 0 Å². The first-order valence-corrected chi connectivity index (χ1v) is 11.1. The molecule has 34 heavy (non-hydrogen) atoms. The van der Waals surface area contributed by atoms with Gasteiger partial charge in [0.1, 0.15) is 10.9 Å². The number of benzene rings is 3. The summed E-state index contributed by atoms with van der Waals surface area (Å²) < 4.78 is 0. The van der Waals surface area contributed by atoms with Crippen LogP contribution in [0, 0.1) is 0 Å². The Hall–Kier alpha value is -4.00. The van der Waals surface area contributed by atoms with Gasteiger partial charge in [-0.05, 0) is 42.5 Å². The van der Waals surface area contributed by atoms with Crippen molar-refractivity contribution in [1.29, 1.82) is 0 Å². The van der Waals surface area contributed by atoms with Gasteiger partial charge in [0, 0.05) is 27.1 Å². The molecule has 5 rings (SSSR count). The summed E-state index contributed by atoms with van der Waals surface area (Å²) in [7, 11) is 0. The molecule has 0 aliphatic carbocycles. The average Bonchev–Trinajstić information content (AvgIpc) is 3.15. The fraction of sp³-hybridized carbons (Fsp3) is 0. The molecule has 1 aromatic heterocycles. The van der Waals surface area contributed by atoms with Crippen LogP contribution < -0.4 is 5.43 Å². The molecule has 1 N–H and O–H groups in total. The average molecular weight is 487 g/mol. The number of fused-ring (bicyclic) bond motifs is 1. The van der Waals surface area contributed by atoms with Crippen molar-refractivity contribution >= 4 is 57.8 Å². The molecule has 0 atom stereocenters. The van der Waals surface area contributed by atoms with Crippen molar-refractivity contribution in [2.24, 2.45) is 4.99 Å². The largest absolute Gasteiger partial charge is 0.297 e. The molecule has 1 aliphatic rings. The first kappa shape index (κ1) is 21.8. The highest BCUT2D eigenvalue weighted by molar-refractivity contribution is 6.32. The fourth-order valence-corrected chi connectivity index (χ4v) is 3.85. The number of carbonyl (C=O) groups is 2. The number of amidine groups is 1. The third kappa shape index (κ3) is 4.29. The molecular weight excluding hydrogens is 471 g/mol. The zero-order valence-corrected chi connectivity index (χ0v) is 19.1. The first-order valence-electron chi connectivity index (χ1n) is 10.3. The van der Waals surface area contributed by atoms with Gasteiger partial charge in [0.05, 0.1) is 5.52 Å². The minimum absolute atomic E-state index is 0.120. The lowest BCUT2D eigenvalue weighted by Crippen LogP contribution is -2.47. The molecule has 0 saturated carbocycles. The number of hydrogen-bond donors (Lipinski definition) is 1. The summed E-state index contributed by atoms with van der Waals surface area (Å²) in [6, 6.07) is 24.9. The van der Waals surface area contributed by atoms with Crippen LogP contribution in [0.1, 0.15) is 21.5 Å². The summed E-state index contributed by atoms with van der Waals surface area (Å²) in [5.74, 6) is -0.672. The molecule has 0 spiro atoms. The summed E-state index contributed by atoms with van der Waals surface area (Å²) in [6.45, 7) is 0. The number of hydrogen-bond acceptors (Lipinski definition) is 4. The Balaban J connectivity index is 1.53. The van der Waals surface area contributed by atoms with Crippen LogP contribution in [-0.2, 0) is 4.79 Å². The van der Waals surface area contributed by atoms with Crippen molar-refractivity contribution in [3.05, 3.63) is 117 Å². The number of rotatable bonds is 4. The monoisotopic (exact) mass is 486 g/mol. The van der Waals surface area contributed by atoms with Crippen LogP contribution in [0.15, 0.2) is 95.6 Å². The zero-order valence-electron chi connectivity index (χ0n) is 17.6. The van der Waals surface area contributed by atoms with E-state index in [2.05, 4.69) is 15.4 Å². The van der Waals surface area contributed by atoms with Crippen LogP contribution in [0.5, 0.6) is 0 Å². The Kier molecular flexibility index (Phi) is 5.84. The normalized spacial score (nSPS) is 14.5. The molecule has 2 amide bonds. The quantitative estimate of drug-likeness (QED) is 0.305. The Morgan fingerprint density at radius 2 is 1.62 bits per heavy atom. The molecule has 1 aliphatic heterocycles. The van der Waals surface area contributed by atoms with Crippen LogP contribution in [0.4, 0.5) is 0 Å².